The van der Waals surface area contributed by atoms with Crippen molar-refractivity contribution in [2.45, 2.75) is 38.1 Å². The number of rotatable bonds is 1. The number of anilines is 1. The monoisotopic (exact) mass is 312 g/mol. The van der Waals surface area contributed by atoms with Gasteiger partial charge in [-0.2, -0.15) is 0 Å². The Morgan fingerprint density at radius 3 is 2.50 bits per heavy atom. The maximum atomic E-state index is 12.7. The van der Waals surface area contributed by atoms with Crippen molar-refractivity contribution in [2.75, 3.05) is 12.3 Å². The molecular weight excluding hydrogens is 295 g/mol. The zero-order valence-electron chi connectivity index (χ0n) is 11.2. The first-order chi connectivity index (χ1) is 9.58. The van der Waals surface area contributed by atoms with Gasteiger partial charge >= 0.3 is 0 Å². The van der Waals surface area contributed by atoms with Crippen LogP contribution in [-0.4, -0.2) is 23.4 Å². The minimum Gasteiger partial charge on any atom is -0.396 e. The fraction of sp³-hybridized carbons (Fsp3) is 0.533. The first-order valence-electron chi connectivity index (χ1n) is 7.13. The maximum Gasteiger partial charge on any atom is 0.254 e. The van der Waals surface area contributed by atoms with Crippen LogP contribution in [0.25, 0.3) is 0 Å². The van der Waals surface area contributed by atoms with Gasteiger partial charge in [0.25, 0.3) is 5.91 Å². The van der Waals surface area contributed by atoms with Crippen LogP contribution in [0.15, 0.2) is 12.1 Å². The van der Waals surface area contributed by atoms with E-state index in [2.05, 4.69) is 0 Å². The van der Waals surface area contributed by atoms with Crippen molar-refractivity contribution in [3.05, 3.63) is 27.7 Å². The third-order valence-corrected chi connectivity index (χ3v) is 5.22. The lowest BCUT2D eigenvalue weighted by Gasteiger charge is -2.31. The Bertz CT molecular complexity index is 524. The van der Waals surface area contributed by atoms with E-state index >= 15 is 0 Å². The minimum absolute atomic E-state index is 0.0307. The van der Waals surface area contributed by atoms with Crippen LogP contribution in [0.2, 0.25) is 10.0 Å². The highest BCUT2D eigenvalue weighted by Gasteiger charge is 2.38. The lowest BCUT2D eigenvalue weighted by molar-refractivity contribution is 0.0690. The first kappa shape index (κ1) is 14.0. The average Bonchev–Trinajstić information content (AvgIpc) is 2.87. The number of hydrogen-bond acceptors (Lipinski definition) is 2. The number of fused-ring (bicyclic) bond motifs is 1. The number of halogens is 2. The quantitative estimate of drug-likeness (QED) is 0.797. The number of amides is 1. The van der Waals surface area contributed by atoms with Gasteiger partial charge in [0.15, 0.2) is 0 Å². The van der Waals surface area contributed by atoms with Crippen LogP contribution in [0.4, 0.5) is 5.69 Å². The normalized spacial score (nSPS) is 25.6. The van der Waals surface area contributed by atoms with Gasteiger partial charge in [0.05, 0.1) is 15.7 Å². The molecule has 108 valence electrons. The van der Waals surface area contributed by atoms with Crippen LogP contribution < -0.4 is 5.73 Å². The van der Waals surface area contributed by atoms with Gasteiger partial charge in [-0.25, -0.2) is 0 Å². The van der Waals surface area contributed by atoms with E-state index in [4.69, 9.17) is 28.9 Å². The van der Waals surface area contributed by atoms with E-state index in [1.165, 1.54) is 19.3 Å². The molecule has 1 aromatic carbocycles. The highest BCUT2D eigenvalue weighted by molar-refractivity contribution is 6.39. The van der Waals surface area contributed by atoms with Gasteiger partial charge in [-0.3, -0.25) is 4.79 Å². The molecule has 1 amide bonds. The first-order valence-corrected chi connectivity index (χ1v) is 7.89. The number of nitrogen functional groups attached to an aromatic ring is 1. The number of benzene rings is 1. The summed E-state index contributed by atoms with van der Waals surface area (Å²) in [7, 11) is 0. The molecule has 1 aliphatic carbocycles. The summed E-state index contributed by atoms with van der Waals surface area (Å²) < 4.78 is 0. The van der Waals surface area contributed by atoms with E-state index in [0.717, 1.165) is 19.4 Å². The second-order valence-corrected chi connectivity index (χ2v) is 6.57. The zero-order valence-corrected chi connectivity index (χ0v) is 12.8. The molecule has 3 rings (SSSR count). The van der Waals surface area contributed by atoms with Crippen molar-refractivity contribution in [1.82, 2.24) is 4.90 Å². The smallest absolute Gasteiger partial charge is 0.254 e. The van der Waals surface area contributed by atoms with Gasteiger partial charge in [-0.05, 0) is 37.3 Å². The summed E-state index contributed by atoms with van der Waals surface area (Å²) in [6, 6.07) is 3.65. The van der Waals surface area contributed by atoms with E-state index < -0.39 is 0 Å². The predicted octanol–water partition coefficient (Wildman–Crippen LogP) is 3.98. The molecule has 0 bridgehead atoms. The third-order valence-electron chi connectivity index (χ3n) is 4.60. The molecule has 2 unspecified atom stereocenters. The molecule has 2 aliphatic rings. The van der Waals surface area contributed by atoms with Crippen molar-refractivity contribution < 1.29 is 4.79 Å². The van der Waals surface area contributed by atoms with Gasteiger partial charge in [0.2, 0.25) is 0 Å². The summed E-state index contributed by atoms with van der Waals surface area (Å²) in [6.45, 7) is 0.841. The molecule has 1 aromatic rings. The molecule has 3 nitrogen and oxygen atoms in total. The molecule has 20 heavy (non-hydrogen) atoms. The van der Waals surface area contributed by atoms with Crippen molar-refractivity contribution >= 4 is 34.8 Å². The lowest BCUT2D eigenvalue weighted by Crippen LogP contribution is -2.39. The molecule has 0 spiro atoms. The summed E-state index contributed by atoms with van der Waals surface area (Å²) >= 11 is 12.1. The molecule has 1 saturated heterocycles. The Morgan fingerprint density at radius 2 is 1.80 bits per heavy atom. The number of carbonyl (C=O) groups is 1. The number of likely N-dealkylation sites (tertiary alicyclic amines) is 1. The second-order valence-electron chi connectivity index (χ2n) is 5.75. The average molecular weight is 313 g/mol. The molecule has 2 atom stereocenters. The van der Waals surface area contributed by atoms with Crippen LogP contribution >= 0.6 is 23.2 Å². The van der Waals surface area contributed by atoms with Crippen molar-refractivity contribution in [3.8, 4) is 0 Å². The molecule has 1 aliphatic heterocycles. The Hall–Kier alpha value is -0.930. The fourth-order valence-electron chi connectivity index (χ4n) is 3.53. The number of hydrogen-bond donors (Lipinski definition) is 1. The van der Waals surface area contributed by atoms with E-state index in [1.54, 1.807) is 12.1 Å². The van der Waals surface area contributed by atoms with Crippen LogP contribution in [0.5, 0.6) is 0 Å². The molecule has 1 heterocycles. The molecule has 5 heteroatoms. The fourth-order valence-corrected chi connectivity index (χ4v) is 4.02. The summed E-state index contributed by atoms with van der Waals surface area (Å²) in [6.07, 6.45) is 5.99. The lowest BCUT2D eigenvalue weighted by atomic mass is 9.85. The Morgan fingerprint density at radius 1 is 1.15 bits per heavy atom. The van der Waals surface area contributed by atoms with Crippen LogP contribution in [0.3, 0.4) is 0 Å². The predicted molar refractivity (Wildman–Crippen MR) is 82.3 cm³/mol. The maximum absolute atomic E-state index is 12.7. The molecular formula is C15H18Cl2N2O. The van der Waals surface area contributed by atoms with E-state index in [-0.39, 0.29) is 5.91 Å². The number of carbonyl (C=O) groups excluding carboxylic acids is 1. The van der Waals surface area contributed by atoms with E-state index in [0.29, 0.717) is 33.3 Å². The summed E-state index contributed by atoms with van der Waals surface area (Å²) in [5, 5.41) is 0.695. The van der Waals surface area contributed by atoms with Crippen molar-refractivity contribution in [2.24, 2.45) is 5.92 Å². The van der Waals surface area contributed by atoms with Gasteiger partial charge < -0.3 is 10.6 Å². The molecule has 2 fully saturated rings. The minimum atomic E-state index is 0.0307. The van der Waals surface area contributed by atoms with Gasteiger partial charge in [0.1, 0.15) is 0 Å². The van der Waals surface area contributed by atoms with Crippen LogP contribution in [-0.2, 0) is 0 Å². The molecule has 2 N–H and O–H groups in total. The highest BCUT2D eigenvalue weighted by atomic mass is 35.5. The Labute approximate surface area is 129 Å². The topological polar surface area (TPSA) is 46.3 Å². The summed E-state index contributed by atoms with van der Waals surface area (Å²) in [5.74, 6) is 0.704. The summed E-state index contributed by atoms with van der Waals surface area (Å²) in [4.78, 5) is 14.7. The van der Waals surface area contributed by atoms with E-state index in [9.17, 15) is 4.79 Å². The molecule has 0 radical (unpaired) electrons. The third kappa shape index (κ3) is 2.38. The van der Waals surface area contributed by atoms with Crippen LogP contribution in [0.1, 0.15) is 42.5 Å². The standard InChI is InChI=1S/C15H18Cl2N2O/c16-11-7-10(8-12(17)14(11)18)15(20)19-6-5-9-3-1-2-4-13(9)19/h7-9,13H,1-6,18H2. The van der Waals surface area contributed by atoms with Gasteiger partial charge in [-0.1, -0.05) is 36.0 Å². The Kier molecular flexibility index (Phi) is 3.83. The Balaban J connectivity index is 1.86. The SMILES string of the molecule is Nc1c(Cl)cc(C(=O)N2CCC3CCCCC32)cc1Cl. The van der Waals surface area contributed by atoms with Crippen molar-refractivity contribution in [3.63, 3.8) is 0 Å². The number of nitrogens with zero attached hydrogens (tertiary/aromatic N) is 1. The van der Waals surface area contributed by atoms with Crippen molar-refractivity contribution in [1.29, 1.82) is 0 Å². The number of nitrogens with two attached hydrogens (primary N) is 1. The zero-order chi connectivity index (χ0) is 14.3. The van der Waals surface area contributed by atoms with Crippen LogP contribution in [0, 0.1) is 5.92 Å². The largest absolute Gasteiger partial charge is 0.396 e. The molecule has 1 saturated carbocycles. The van der Waals surface area contributed by atoms with E-state index in [1.807, 2.05) is 4.90 Å². The summed E-state index contributed by atoms with van der Waals surface area (Å²) in [5.41, 5.74) is 6.60. The highest BCUT2D eigenvalue weighted by Crippen LogP contribution is 2.37. The second kappa shape index (κ2) is 5.45. The van der Waals surface area contributed by atoms with Gasteiger partial charge in [0, 0.05) is 18.2 Å². The van der Waals surface area contributed by atoms with Gasteiger partial charge in [-0.15, -0.1) is 0 Å². The molecule has 0 aromatic heterocycles.